The Hall–Kier alpha value is -3.63. The fourth-order valence-electron chi connectivity index (χ4n) is 3.57. The molecule has 0 unspecified atom stereocenters. The van der Waals surface area contributed by atoms with Gasteiger partial charge < -0.3 is 23.8 Å². The number of carbonyl (C=O) groups excluding carboxylic acids is 1. The molecule has 0 bridgehead atoms. The first kappa shape index (κ1) is 24.5. The van der Waals surface area contributed by atoms with Gasteiger partial charge in [0, 0.05) is 31.1 Å². The molecule has 0 radical (unpaired) electrons. The van der Waals surface area contributed by atoms with Gasteiger partial charge in [0.05, 0.1) is 39.3 Å². The number of ether oxygens (including phenoxy) is 4. The van der Waals surface area contributed by atoms with E-state index in [9.17, 15) is 4.79 Å². The Labute approximate surface area is 207 Å². The van der Waals surface area contributed by atoms with E-state index in [4.69, 9.17) is 18.9 Å². The molecule has 9 nitrogen and oxygen atoms in total. The van der Waals surface area contributed by atoms with Gasteiger partial charge in [0.1, 0.15) is 5.75 Å². The maximum absolute atomic E-state index is 12.4. The van der Waals surface area contributed by atoms with Crippen LogP contribution in [0.4, 0.5) is 0 Å². The summed E-state index contributed by atoms with van der Waals surface area (Å²) in [4.78, 5) is 19.2. The van der Waals surface area contributed by atoms with E-state index in [2.05, 4.69) is 10.1 Å². The molecule has 0 N–H and O–H groups in total. The molecule has 1 aliphatic rings. The number of benzene rings is 2. The van der Waals surface area contributed by atoms with Crippen LogP contribution in [0.15, 0.2) is 57.9 Å². The van der Waals surface area contributed by atoms with Crippen LogP contribution in [0.3, 0.4) is 0 Å². The topological polar surface area (TPSA) is 86.9 Å². The van der Waals surface area contributed by atoms with Gasteiger partial charge in [-0.25, -0.2) is 4.68 Å². The quantitative estimate of drug-likeness (QED) is 0.448. The van der Waals surface area contributed by atoms with Crippen LogP contribution in [0.25, 0.3) is 11.3 Å². The summed E-state index contributed by atoms with van der Waals surface area (Å²) >= 11 is 1.51. The van der Waals surface area contributed by atoms with Gasteiger partial charge in [0.15, 0.2) is 18.1 Å². The minimum atomic E-state index is -0.0724. The van der Waals surface area contributed by atoms with E-state index >= 15 is 0 Å². The second kappa shape index (κ2) is 11.7. The highest BCUT2D eigenvalue weighted by Crippen LogP contribution is 2.28. The van der Waals surface area contributed by atoms with Crippen molar-refractivity contribution in [3.05, 3.63) is 58.2 Å². The molecule has 1 fully saturated rings. The smallest absolute Gasteiger partial charge is 0.260 e. The van der Waals surface area contributed by atoms with Crippen LogP contribution in [0, 0.1) is 0 Å². The number of thiazole rings is 1. The normalized spacial score (nSPS) is 14.4. The Morgan fingerprint density at radius 2 is 1.86 bits per heavy atom. The fraction of sp³-hybridized carbons (Fsp3) is 0.320. The van der Waals surface area contributed by atoms with Crippen molar-refractivity contribution in [2.45, 2.75) is 0 Å². The molecule has 3 aromatic rings. The second-order valence-electron chi connectivity index (χ2n) is 7.60. The van der Waals surface area contributed by atoms with Crippen LogP contribution in [0.1, 0.15) is 5.56 Å². The summed E-state index contributed by atoms with van der Waals surface area (Å²) in [5, 5.41) is 6.69. The Morgan fingerprint density at radius 3 is 2.54 bits per heavy atom. The summed E-state index contributed by atoms with van der Waals surface area (Å²) in [5.74, 6) is 1.74. The Morgan fingerprint density at radius 1 is 1.09 bits per heavy atom. The van der Waals surface area contributed by atoms with Gasteiger partial charge in [0.2, 0.25) is 4.80 Å². The summed E-state index contributed by atoms with van der Waals surface area (Å²) in [6.45, 7) is 2.22. The third-order valence-corrected chi connectivity index (χ3v) is 6.39. The van der Waals surface area contributed by atoms with E-state index in [-0.39, 0.29) is 12.5 Å². The van der Waals surface area contributed by atoms with Gasteiger partial charge in [-0.05, 0) is 48.0 Å². The second-order valence-corrected chi connectivity index (χ2v) is 8.44. The van der Waals surface area contributed by atoms with Gasteiger partial charge in [-0.2, -0.15) is 5.10 Å². The molecule has 1 aliphatic heterocycles. The molecule has 10 heteroatoms. The van der Waals surface area contributed by atoms with Crippen LogP contribution in [-0.2, 0) is 9.53 Å². The zero-order valence-electron chi connectivity index (χ0n) is 20.0. The van der Waals surface area contributed by atoms with Crippen LogP contribution in [0.5, 0.6) is 17.2 Å². The lowest BCUT2D eigenvalue weighted by molar-refractivity contribution is -0.137. The average molecular weight is 497 g/mol. The SMILES string of the molecule is CN=c1scc(-c2ccc(OC)cc2)n1/N=C\c1ccc(OCC(=O)N2CCOCC2)c(OC)c1. The standard InChI is InChI=1S/C25H28N4O5S/c1-26-25-29(21(17-35-25)19-5-7-20(31-2)8-6-19)27-15-18-4-9-22(23(14-18)32-3)34-16-24(30)28-10-12-33-13-11-28/h4-9,14-15,17H,10-13,16H2,1-3H3/b26-25?,27-15-. The fourth-order valence-corrected chi connectivity index (χ4v) is 4.38. The molecule has 2 heterocycles. The first-order chi connectivity index (χ1) is 17.1. The third-order valence-electron chi connectivity index (χ3n) is 5.49. The number of methoxy groups -OCH3 is 2. The molecule has 0 spiro atoms. The maximum Gasteiger partial charge on any atom is 0.260 e. The molecule has 1 saturated heterocycles. The minimum absolute atomic E-state index is 0.0544. The number of rotatable bonds is 8. The summed E-state index contributed by atoms with van der Waals surface area (Å²) in [6.07, 6.45) is 1.74. The molecular weight excluding hydrogens is 468 g/mol. The lowest BCUT2D eigenvalue weighted by Crippen LogP contribution is -2.43. The number of hydrogen-bond acceptors (Lipinski definition) is 8. The molecule has 0 atom stereocenters. The van der Waals surface area contributed by atoms with Crippen LogP contribution >= 0.6 is 11.3 Å². The van der Waals surface area contributed by atoms with Gasteiger partial charge >= 0.3 is 0 Å². The molecule has 184 valence electrons. The van der Waals surface area contributed by atoms with Gasteiger partial charge in [0.25, 0.3) is 5.91 Å². The van der Waals surface area contributed by atoms with Crippen LogP contribution in [-0.4, -0.2) is 75.9 Å². The van der Waals surface area contributed by atoms with Crippen molar-refractivity contribution < 1.29 is 23.7 Å². The van der Waals surface area contributed by atoms with E-state index in [1.807, 2.05) is 41.8 Å². The van der Waals surface area contributed by atoms with Gasteiger partial charge in [-0.3, -0.25) is 9.79 Å². The van der Waals surface area contributed by atoms with Crippen molar-refractivity contribution >= 4 is 23.5 Å². The molecular formula is C25H28N4O5S. The summed E-state index contributed by atoms with van der Waals surface area (Å²) < 4.78 is 23.6. The van der Waals surface area contributed by atoms with Crippen LogP contribution in [0.2, 0.25) is 0 Å². The number of morpholine rings is 1. The predicted octanol–water partition coefficient (Wildman–Crippen LogP) is 2.88. The van der Waals surface area contributed by atoms with E-state index in [0.717, 1.165) is 27.4 Å². The van der Waals surface area contributed by atoms with E-state index in [0.29, 0.717) is 37.8 Å². The van der Waals surface area contributed by atoms with Gasteiger partial charge in [-0.15, -0.1) is 11.3 Å². The number of aromatic nitrogens is 1. The average Bonchev–Trinajstić information content (AvgIpc) is 3.34. The first-order valence-electron chi connectivity index (χ1n) is 11.1. The van der Waals surface area contributed by atoms with Crippen molar-refractivity contribution in [3.63, 3.8) is 0 Å². The van der Waals surface area contributed by atoms with Crippen molar-refractivity contribution in [1.29, 1.82) is 0 Å². The lowest BCUT2D eigenvalue weighted by Gasteiger charge is -2.26. The number of nitrogens with zero attached hydrogens (tertiary/aromatic N) is 4. The van der Waals surface area contributed by atoms with Crippen molar-refractivity contribution in [1.82, 2.24) is 9.58 Å². The molecule has 1 aromatic heterocycles. The number of carbonyl (C=O) groups is 1. The Bertz CT molecular complexity index is 1240. The van der Waals surface area contributed by atoms with E-state index in [1.165, 1.54) is 11.3 Å². The largest absolute Gasteiger partial charge is 0.497 e. The number of amides is 1. The van der Waals surface area contributed by atoms with Crippen molar-refractivity contribution in [3.8, 4) is 28.5 Å². The monoisotopic (exact) mass is 496 g/mol. The van der Waals surface area contributed by atoms with Crippen molar-refractivity contribution in [2.75, 3.05) is 54.2 Å². The molecule has 0 saturated carbocycles. The summed E-state index contributed by atoms with van der Waals surface area (Å²) in [6, 6.07) is 13.3. The summed E-state index contributed by atoms with van der Waals surface area (Å²) in [7, 11) is 4.95. The van der Waals surface area contributed by atoms with E-state index in [1.54, 1.807) is 43.1 Å². The maximum atomic E-state index is 12.4. The Kier molecular flexibility index (Phi) is 8.17. The zero-order valence-corrected chi connectivity index (χ0v) is 20.8. The highest BCUT2D eigenvalue weighted by atomic mass is 32.1. The minimum Gasteiger partial charge on any atom is -0.497 e. The summed E-state index contributed by atoms with van der Waals surface area (Å²) in [5.41, 5.74) is 2.73. The molecule has 0 aliphatic carbocycles. The van der Waals surface area contributed by atoms with E-state index < -0.39 is 0 Å². The number of hydrogen-bond donors (Lipinski definition) is 0. The third kappa shape index (κ3) is 5.90. The highest BCUT2D eigenvalue weighted by molar-refractivity contribution is 7.07. The lowest BCUT2D eigenvalue weighted by atomic mass is 10.2. The first-order valence-corrected chi connectivity index (χ1v) is 12.0. The van der Waals surface area contributed by atoms with Crippen LogP contribution < -0.4 is 19.0 Å². The highest BCUT2D eigenvalue weighted by Gasteiger charge is 2.18. The predicted molar refractivity (Wildman–Crippen MR) is 135 cm³/mol. The molecule has 4 rings (SSSR count). The van der Waals surface area contributed by atoms with Crippen molar-refractivity contribution in [2.24, 2.45) is 10.1 Å². The Balaban J connectivity index is 1.51. The molecule has 1 amide bonds. The molecule has 2 aromatic carbocycles. The molecule has 35 heavy (non-hydrogen) atoms. The zero-order chi connectivity index (χ0) is 24.6. The van der Waals surface area contributed by atoms with Gasteiger partial charge in [-0.1, -0.05) is 0 Å².